The van der Waals surface area contributed by atoms with Gasteiger partial charge in [-0.25, -0.2) is 4.79 Å². The van der Waals surface area contributed by atoms with E-state index in [1.807, 2.05) is 39.0 Å². The van der Waals surface area contributed by atoms with Crippen molar-refractivity contribution in [3.05, 3.63) is 28.8 Å². The lowest BCUT2D eigenvalue weighted by Crippen LogP contribution is -2.42. The quantitative estimate of drug-likeness (QED) is 0.829. The lowest BCUT2D eigenvalue weighted by molar-refractivity contribution is -0.128. The fourth-order valence-electron chi connectivity index (χ4n) is 4.37. The zero-order valence-electron chi connectivity index (χ0n) is 15.8. The van der Waals surface area contributed by atoms with E-state index in [1.165, 1.54) is 0 Å². The van der Waals surface area contributed by atoms with Gasteiger partial charge in [-0.1, -0.05) is 30.5 Å². The number of carbonyl (C=O) groups is 2. The number of nitrogens with zero attached hydrogens (tertiary/aromatic N) is 1. The number of hydrogen-bond acceptors (Lipinski definition) is 2. The third kappa shape index (κ3) is 3.83. The van der Waals surface area contributed by atoms with Crippen molar-refractivity contribution >= 4 is 29.2 Å². The molecule has 1 heterocycles. The second kappa shape index (κ2) is 7.47. The molecule has 0 radical (unpaired) electrons. The van der Waals surface area contributed by atoms with Crippen molar-refractivity contribution in [2.45, 2.75) is 52.5 Å². The van der Waals surface area contributed by atoms with E-state index < -0.39 is 0 Å². The standard InChI is InChI=1S/C20H28ClN3O2/c1-13(2)22-18(25)15-11-24(12-20(15)8-4-5-9-20)19(26)23-17-7-6-14(3)10-16(17)21/h6-7,10,13,15H,4-5,8-9,11-12H2,1-3H3,(H,22,25)(H,23,26). The van der Waals surface area contributed by atoms with Crippen LogP contribution in [0.2, 0.25) is 5.02 Å². The third-order valence-electron chi connectivity index (χ3n) is 5.65. The van der Waals surface area contributed by atoms with Gasteiger partial charge in [-0.2, -0.15) is 0 Å². The van der Waals surface area contributed by atoms with Crippen molar-refractivity contribution in [2.24, 2.45) is 11.3 Å². The van der Waals surface area contributed by atoms with Crippen molar-refractivity contribution in [2.75, 3.05) is 18.4 Å². The molecule has 26 heavy (non-hydrogen) atoms. The fraction of sp³-hybridized carbons (Fsp3) is 0.600. The summed E-state index contributed by atoms with van der Waals surface area (Å²) in [5.74, 6) is -0.0581. The molecule has 1 unspecified atom stereocenters. The Morgan fingerprint density at radius 3 is 2.58 bits per heavy atom. The number of amides is 3. The summed E-state index contributed by atoms with van der Waals surface area (Å²) in [6.07, 6.45) is 4.28. The highest BCUT2D eigenvalue weighted by atomic mass is 35.5. The summed E-state index contributed by atoms with van der Waals surface area (Å²) in [6.45, 7) is 7.00. The molecule has 0 aromatic heterocycles. The summed E-state index contributed by atoms with van der Waals surface area (Å²) in [5.41, 5.74) is 1.58. The van der Waals surface area contributed by atoms with E-state index in [1.54, 1.807) is 4.90 Å². The SMILES string of the molecule is Cc1ccc(NC(=O)N2CC(C(=O)NC(C)C)C3(CCCC3)C2)c(Cl)c1. The van der Waals surface area contributed by atoms with Gasteiger partial charge < -0.3 is 15.5 Å². The summed E-state index contributed by atoms with van der Waals surface area (Å²) < 4.78 is 0. The Morgan fingerprint density at radius 2 is 1.96 bits per heavy atom. The predicted molar refractivity (Wildman–Crippen MR) is 104 cm³/mol. The zero-order chi connectivity index (χ0) is 18.9. The van der Waals surface area contributed by atoms with E-state index >= 15 is 0 Å². The normalized spacial score (nSPS) is 21.4. The molecule has 1 saturated heterocycles. The van der Waals surface area contributed by atoms with Crippen LogP contribution in [0.4, 0.5) is 10.5 Å². The molecular weight excluding hydrogens is 350 g/mol. The molecule has 5 nitrogen and oxygen atoms in total. The van der Waals surface area contributed by atoms with Crippen LogP contribution in [0.1, 0.15) is 45.1 Å². The van der Waals surface area contributed by atoms with E-state index in [4.69, 9.17) is 11.6 Å². The van der Waals surface area contributed by atoms with Crippen LogP contribution < -0.4 is 10.6 Å². The highest BCUT2D eigenvalue weighted by Crippen LogP contribution is 2.49. The van der Waals surface area contributed by atoms with E-state index in [-0.39, 0.29) is 29.3 Å². The molecule has 3 rings (SSSR count). The number of halogens is 1. The van der Waals surface area contributed by atoms with Crippen LogP contribution in [-0.2, 0) is 4.79 Å². The molecule has 1 aromatic carbocycles. The topological polar surface area (TPSA) is 61.4 Å². The fourth-order valence-corrected chi connectivity index (χ4v) is 4.65. The lowest BCUT2D eigenvalue weighted by atomic mass is 9.76. The van der Waals surface area contributed by atoms with Gasteiger partial charge in [0.05, 0.1) is 16.6 Å². The first-order valence-electron chi connectivity index (χ1n) is 9.43. The molecule has 0 bridgehead atoms. The predicted octanol–water partition coefficient (Wildman–Crippen LogP) is 4.20. The molecule has 1 atom stereocenters. The van der Waals surface area contributed by atoms with Gasteiger partial charge in [0.25, 0.3) is 0 Å². The summed E-state index contributed by atoms with van der Waals surface area (Å²) >= 11 is 6.24. The Morgan fingerprint density at radius 1 is 1.27 bits per heavy atom. The molecule has 1 saturated carbocycles. The first-order valence-corrected chi connectivity index (χ1v) is 9.81. The van der Waals surface area contributed by atoms with Gasteiger partial charge in [-0.3, -0.25) is 4.79 Å². The van der Waals surface area contributed by atoms with Crippen molar-refractivity contribution in [1.29, 1.82) is 0 Å². The van der Waals surface area contributed by atoms with Crippen LogP contribution >= 0.6 is 11.6 Å². The van der Waals surface area contributed by atoms with Crippen LogP contribution in [0.5, 0.6) is 0 Å². The second-order valence-electron chi connectivity index (χ2n) is 8.08. The van der Waals surface area contributed by atoms with Gasteiger partial charge >= 0.3 is 6.03 Å². The smallest absolute Gasteiger partial charge is 0.321 e. The first kappa shape index (κ1) is 19.0. The van der Waals surface area contributed by atoms with E-state index in [0.29, 0.717) is 23.8 Å². The molecule has 1 spiro atoms. The number of anilines is 1. The first-order chi connectivity index (χ1) is 12.3. The molecule has 1 aromatic rings. The minimum absolute atomic E-state index is 0.0746. The Labute approximate surface area is 160 Å². The molecule has 2 N–H and O–H groups in total. The summed E-state index contributed by atoms with van der Waals surface area (Å²) in [5, 5.41) is 6.48. The van der Waals surface area contributed by atoms with Gasteiger partial charge in [0.2, 0.25) is 5.91 Å². The van der Waals surface area contributed by atoms with Crippen molar-refractivity contribution in [1.82, 2.24) is 10.2 Å². The van der Waals surface area contributed by atoms with Crippen molar-refractivity contribution in [3.63, 3.8) is 0 Å². The molecule has 6 heteroatoms. The number of aryl methyl sites for hydroxylation is 1. The van der Waals surface area contributed by atoms with E-state index in [2.05, 4.69) is 10.6 Å². The van der Waals surface area contributed by atoms with Gasteiger partial charge in [-0.15, -0.1) is 0 Å². The number of rotatable bonds is 3. The zero-order valence-corrected chi connectivity index (χ0v) is 16.5. The molecule has 2 aliphatic rings. The van der Waals surface area contributed by atoms with Crippen LogP contribution in [-0.4, -0.2) is 36.0 Å². The molecule has 3 amide bonds. The summed E-state index contributed by atoms with van der Waals surface area (Å²) in [4.78, 5) is 27.3. The number of carbonyl (C=O) groups excluding carboxylic acids is 2. The maximum Gasteiger partial charge on any atom is 0.321 e. The number of nitrogens with one attached hydrogen (secondary N) is 2. The van der Waals surface area contributed by atoms with Gasteiger partial charge in [0.1, 0.15) is 0 Å². The number of hydrogen-bond donors (Lipinski definition) is 2. The van der Waals surface area contributed by atoms with Crippen molar-refractivity contribution in [3.8, 4) is 0 Å². The van der Waals surface area contributed by atoms with E-state index in [9.17, 15) is 9.59 Å². The summed E-state index contributed by atoms with van der Waals surface area (Å²) in [7, 11) is 0. The third-order valence-corrected chi connectivity index (χ3v) is 5.96. The van der Waals surface area contributed by atoms with Gasteiger partial charge in [0, 0.05) is 24.5 Å². The van der Waals surface area contributed by atoms with Crippen LogP contribution in [0, 0.1) is 18.3 Å². The minimum Gasteiger partial charge on any atom is -0.354 e. The maximum absolute atomic E-state index is 12.8. The highest BCUT2D eigenvalue weighted by molar-refractivity contribution is 6.33. The molecule has 1 aliphatic carbocycles. The number of benzene rings is 1. The minimum atomic E-state index is -0.179. The Balaban J connectivity index is 1.74. The van der Waals surface area contributed by atoms with Crippen LogP contribution in [0.25, 0.3) is 0 Å². The Kier molecular flexibility index (Phi) is 5.47. The Hall–Kier alpha value is -1.75. The maximum atomic E-state index is 12.8. The van der Waals surface area contributed by atoms with Gasteiger partial charge in [0.15, 0.2) is 0 Å². The van der Waals surface area contributed by atoms with Gasteiger partial charge in [-0.05, 0) is 51.3 Å². The number of likely N-dealkylation sites (tertiary alicyclic amines) is 1. The number of urea groups is 1. The molecule has 2 fully saturated rings. The summed E-state index contributed by atoms with van der Waals surface area (Å²) in [6, 6.07) is 5.50. The molecule has 1 aliphatic heterocycles. The monoisotopic (exact) mass is 377 g/mol. The molecule has 142 valence electrons. The van der Waals surface area contributed by atoms with E-state index in [0.717, 1.165) is 31.2 Å². The van der Waals surface area contributed by atoms with Crippen LogP contribution in [0.15, 0.2) is 18.2 Å². The molecular formula is C20H28ClN3O2. The van der Waals surface area contributed by atoms with Crippen LogP contribution in [0.3, 0.4) is 0 Å². The Bertz CT molecular complexity index is 698. The largest absolute Gasteiger partial charge is 0.354 e. The second-order valence-corrected chi connectivity index (χ2v) is 8.49. The van der Waals surface area contributed by atoms with Crippen molar-refractivity contribution < 1.29 is 9.59 Å². The average Bonchev–Trinajstić information content (AvgIpc) is 3.17. The lowest BCUT2D eigenvalue weighted by Gasteiger charge is -2.29. The highest BCUT2D eigenvalue weighted by Gasteiger charge is 2.52. The average molecular weight is 378 g/mol.